The predicted octanol–water partition coefficient (Wildman–Crippen LogP) is 4.54. The quantitative estimate of drug-likeness (QED) is 0.599. The minimum absolute atomic E-state index is 0.735. The molecule has 0 aromatic heterocycles. The lowest BCUT2D eigenvalue weighted by atomic mass is 9.94. The topological polar surface area (TPSA) is 33.0 Å². The molecular formula is C18H17NO. The zero-order valence-corrected chi connectivity index (χ0v) is 11.8. The van der Waals surface area contributed by atoms with Crippen LogP contribution in [0.15, 0.2) is 54.6 Å². The van der Waals surface area contributed by atoms with Crippen LogP contribution in [0.1, 0.15) is 24.5 Å². The first-order valence-corrected chi connectivity index (χ1v) is 6.63. The summed E-state index contributed by atoms with van der Waals surface area (Å²) in [4.78, 5) is 0. The molecule has 0 bridgehead atoms. The minimum atomic E-state index is 0.735. The molecule has 0 radical (unpaired) electrons. The fourth-order valence-corrected chi connectivity index (χ4v) is 2.23. The maximum absolute atomic E-state index is 9.51. The number of nitriles is 1. The van der Waals surface area contributed by atoms with Gasteiger partial charge >= 0.3 is 0 Å². The summed E-state index contributed by atoms with van der Waals surface area (Å²) in [7, 11) is 1.65. The minimum Gasteiger partial charge on any atom is -0.497 e. The van der Waals surface area contributed by atoms with E-state index in [0.29, 0.717) is 0 Å². The normalized spacial score (nSPS) is 11.4. The fourth-order valence-electron chi connectivity index (χ4n) is 2.23. The highest BCUT2D eigenvalue weighted by Gasteiger charge is 2.09. The van der Waals surface area contributed by atoms with Crippen molar-refractivity contribution in [1.82, 2.24) is 0 Å². The largest absolute Gasteiger partial charge is 0.497 e. The molecule has 0 aliphatic heterocycles. The first-order valence-electron chi connectivity index (χ1n) is 6.63. The van der Waals surface area contributed by atoms with Crippen LogP contribution in [-0.4, -0.2) is 7.11 Å². The van der Waals surface area contributed by atoms with Crippen LogP contribution >= 0.6 is 0 Å². The molecule has 0 aliphatic carbocycles. The molecule has 2 aromatic rings. The molecule has 0 fully saturated rings. The monoisotopic (exact) mass is 263 g/mol. The Balaban J connectivity index is 2.52. The number of ether oxygens (including phenoxy) is 1. The summed E-state index contributed by atoms with van der Waals surface area (Å²) >= 11 is 0. The highest BCUT2D eigenvalue weighted by molar-refractivity contribution is 5.97. The van der Waals surface area contributed by atoms with Gasteiger partial charge in [0.25, 0.3) is 0 Å². The lowest BCUT2D eigenvalue weighted by Gasteiger charge is -2.10. The smallest absolute Gasteiger partial charge is 0.118 e. The molecule has 2 heteroatoms. The first-order chi connectivity index (χ1) is 9.80. The lowest BCUT2D eigenvalue weighted by Crippen LogP contribution is -1.91. The second-order valence-electron chi connectivity index (χ2n) is 4.41. The van der Waals surface area contributed by atoms with Gasteiger partial charge in [-0.05, 0) is 35.3 Å². The van der Waals surface area contributed by atoms with Gasteiger partial charge in [0.2, 0.25) is 0 Å². The Morgan fingerprint density at radius 1 is 1.00 bits per heavy atom. The standard InChI is InChI=1S/C18H17NO/c1-3-17(15-9-11-16(20-2)12-10-15)18(13-19)14-7-5-4-6-8-14/h4-12H,3H2,1-2H3/b18-17+. The second kappa shape index (κ2) is 6.58. The number of nitrogens with zero attached hydrogens (tertiary/aromatic N) is 1. The molecule has 0 saturated heterocycles. The van der Waals surface area contributed by atoms with E-state index in [4.69, 9.17) is 4.74 Å². The van der Waals surface area contributed by atoms with E-state index in [1.54, 1.807) is 7.11 Å². The zero-order chi connectivity index (χ0) is 14.4. The Morgan fingerprint density at radius 3 is 2.15 bits per heavy atom. The number of methoxy groups -OCH3 is 1. The van der Waals surface area contributed by atoms with Gasteiger partial charge in [-0.25, -0.2) is 0 Å². The third kappa shape index (κ3) is 2.89. The third-order valence-electron chi connectivity index (χ3n) is 3.27. The summed E-state index contributed by atoms with van der Waals surface area (Å²) in [6.07, 6.45) is 0.810. The Labute approximate surface area is 119 Å². The van der Waals surface area contributed by atoms with Crippen LogP contribution in [0.3, 0.4) is 0 Å². The van der Waals surface area contributed by atoms with Gasteiger partial charge in [0.05, 0.1) is 12.7 Å². The van der Waals surface area contributed by atoms with Crippen molar-refractivity contribution in [3.63, 3.8) is 0 Å². The van der Waals surface area contributed by atoms with Gasteiger partial charge < -0.3 is 4.74 Å². The van der Waals surface area contributed by atoms with Gasteiger partial charge in [-0.1, -0.05) is 49.4 Å². The van der Waals surface area contributed by atoms with E-state index in [1.807, 2.05) is 54.6 Å². The molecule has 0 spiro atoms. The van der Waals surface area contributed by atoms with E-state index < -0.39 is 0 Å². The molecule has 2 aromatic carbocycles. The Kier molecular flexibility index (Phi) is 4.57. The molecule has 0 atom stereocenters. The SMILES string of the molecule is CC/C(=C(/C#N)c1ccccc1)c1ccc(OC)cc1. The van der Waals surface area contributed by atoms with Crippen molar-refractivity contribution < 1.29 is 4.74 Å². The lowest BCUT2D eigenvalue weighted by molar-refractivity contribution is 0.415. The Morgan fingerprint density at radius 2 is 1.65 bits per heavy atom. The summed E-state index contributed by atoms with van der Waals surface area (Å²) in [5.74, 6) is 0.822. The van der Waals surface area contributed by atoms with Crippen LogP contribution in [0.4, 0.5) is 0 Å². The van der Waals surface area contributed by atoms with Gasteiger partial charge in [0.15, 0.2) is 0 Å². The van der Waals surface area contributed by atoms with E-state index in [0.717, 1.165) is 34.4 Å². The maximum atomic E-state index is 9.51. The number of hydrogen-bond donors (Lipinski definition) is 0. The summed E-state index contributed by atoms with van der Waals surface area (Å²) in [6, 6.07) is 20.0. The summed E-state index contributed by atoms with van der Waals surface area (Å²) < 4.78 is 5.17. The molecule has 2 rings (SSSR count). The molecule has 0 amide bonds. The zero-order valence-electron chi connectivity index (χ0n) is 11.8. The van der Waals surface area contributed by atoms with Crippen molar-refractivity contribution >= 4 is 11.1 Å². The van der Waals surface area contributed by atoms with Gasteiger partial charge in [-0.15, -0.1) is 0 Å². The van der Waals surface area contributed by atoms with Crippen LogP contribution in [-0.2, 0) is 0 Å². The van der Waals surface area contributed by atoms with E-state index in [2.05, 4.69) is 13.0 Å². The summed E-state index contributed by atoms with van der Waals surface area (Å²) in [6.45, 7) is 2.07. The molecule has 0 unspecified atom stereocenters. The van der Waals surface area contributed by atoms with Gasteiger partial charge in [-0.3, -0.25) is 0 Å². The second-order valence-corrected chi connectivity index (χ2v) is 4.41. The van der Waals surface area contributed by atoms with Crippen molar-refractivity contribution in [2.24, 2.45) is 0 Å². The Hall–Kier alpha value is -2.53. The fraction of sp³-hybridized carbons (Fsp3) is 0.167. The average Bonchev–Trinajstić information content (AvgIpc) is 2.53. The van der Waals surface area contributed by atoms with E-state index >= 15 is 0 Å². The van der Waals surface area contributed by atoms with Crippen molar-refractivity contribution in [3.8, 4) is 11.8 Å². The predicted molar refractivity (Wildman–Crippen MR) is 82.2 cm³/mol. The highest BCUT2D eigenvalue weighted by atomic mass is 16.5. The van der Waals surface area contributed by atoms with Crippen molar-refractivity contribution in [1.29, 1.82) is 5.26 Å². The molecule has 20 heavy (non-hydrogen) atoms. The molecular weight excluding hydrogens is 246 g/mol. The first kappa shape index (κ1) is 13.9. The molecule has 0 heterocycles. The number of allylic oxidation sites excluding steroid dienone is 2. The van der Waals surface area contributed by atoms with Gasteiger partial charge in [-0.2, -0.15) is 5.26 Å². The maximum Gasteiger partial charge on any atom is 0.118 e. The highest BCUT2D eigenvalue weighted by Crippen LogP contribution is 2.29. The summed E-state index contributed by atoms with van der Waals surface area (Å²) in [5, 5.41) is 9.51. The van der Waals surface area contributed by atoms with Crippen molar-refractivity contribution in [3.05, 3.63) is 65.7 Å². The number of rotatable bonds is 4. The van der Waals surface area contributed by atoms with Gasteiger partial charge in [0.1, 0.15) is 11.8 Å². The van der Waals surface area contributed by atoms with Crippen LogP contribution < -0.4 is 4.74 Å². The van der Waals surface area contributed by atoms with Crippen molar-refractivity contribution in [2.75, 3.05) is 7.11 Å². The number of hydrogen-bond acceptors (Lipinski definition) is 2. The van der Waals surface area contributed by atoms with Crippen LogP contribution in [0.2, 0.25) is 0 Å². The Bertz CT molecular complexity index is 633. The molecule has 0 saturated carbocycles. The average molecular weight is 263 g/mol. The molecule has 100 valence electrons. The van der Waals surface area contributed by atoms with E-state index in [-0.39, 0.29) is 0 Å². The van der Waals surface area contributed by atoms with Crippen molar-refractivity contribution in [2.45, 2.75) is 13.3 Å². The van der Waals surface area contributed by atoms with Crippen LogP contribution in [0, 0.1) is 11.3 Å². The molecule has 2 nitrogen and oxygen atoms in total. The third-order valence-corrected chi connectivity index (χ3v) is 3.27. The van der Waals surface area contributed by atoms with Crippen LogP contribution in [0.25, 0.3) is 11.1 Å². The van der Waals surface area contributed by atoms with E-state index in [1.165, 1.54) is 0 Å². The van der Waals surface area contributed by atoms with Gasteiger partial charge in [0, 0.05) is 0 Å². The van der Waals surface area contributed by atoms with Crippen LogP contribution in [0.5, 0.6) is 5.75 Å². The van der Waals surface area contributed by atoms with E-state index in [9.17, 15) is 5.26 Å². The molecule has 0 aliphatic rings. The molecule has 0 N–H and O–H groups in total. The summed E-state index contributed by atoms with van der Waals surface area (Å²) in [5.41, 5.74) is 3.82. The number of benzene rings is 2.